The van der Waals surface area contributed by atoms with Gasteiger partial charge in [-0.2, -0.15) is 0 Å². The zero-order valence-corrected chi connectivity index (χ0v) is 15.6. The van der Waals surface area contributed by atoms with Crippen molar-refractivity contribution in [1.82, 2.24) is 0 Å². The predicted molar refractivity (Wildman–Crippen MR) is 108 cm³/mol. The van der Waals surface area contributed by atoms with Crippen molar-refractivity contribution in [2.75, 3.05) is 23.9 Å². The molecule has 0 fully saturated rings. The van der Waals surface area contributed by atoms with E-state index in [1.54, 1.807) is 38.4 Å². The molecule has 3 aromatic carbocycles. The predicted octanol–water partition coefficient (Wildman–Crippen LogP) is 4.96. The Morgan fingerprint density at radius 1 is 0.571 bits per heavy atom. The van der Waals surface area contributed by atoms with Gasteiger partial charge in [0.15, 0.2) is 0 Å². The maximum absolute atomic E-state index is 12.2. The Balaban J connectivity index is 1.59. The van der Waals surface area contributed by atoms with Crippen LogP contribution in [0, 0.1) is 0 Å². The molecule has 0 unspecified atom stereocenters. The van der Waals surface area contributed by atoms with Crippen LogP contribution in [0.1, 0.15) is 0 Å². The van der Waals surface area contributed by atoms with Gasteiger partial charge >= 0.3 is 12.2 Å². The van der Waals surface area contributed by atoms with Crippen LogP contribution >= 0.6 is 0 Å². The monoisotopic (exact) mass is 376 g/mol. The molecule has 0 aliphatic rings. The van der Waals surface area contributed by atoms with Crippen LogP contribution in [0.3, 0.4) is 0 Å². The summed E-state index contributed by atoms with van der Waals surface area (Å²) in [4.78, 5) is 27.3. The molecular formula is C22H20N2O4. The van der Waals surface area contributed by atoms with Gasteiger partial charge in [0, 0.05) is 25.5 Å². The van der Waals surface area contributed by atoms with Crippen LogP contribution in [0.4, 0.5) is 21.0 Å². The Morgan fingerprint density at radius 3 is 1.21 bits per heavy atom. The minimum atomic E-state index is -0.514. The van der Waals surface area contributed by atoms with Gasteiger partial charge in [-0.15, -0.1) is 0 Å². The van der Waals surface area contributed by atoms with Gasteiger partial charge in [0.05, 0.1) is 0 Å². The number of hydrogen-bond donors (Lipinski definition) is 0. The summed E-state index contributed by atoms with van der Waals surface area (Å²) in [6, 6.07) is 24.6. The Labute approximate surface area is 163 Å². The third-order valence-electron chi connectivity index (χ3n) is 4.07. The molecule has 0 heterocycles. The summed E-state index contributed by atoms with van der Waals surface area (Å²) in [5, 5.41) is 0. The van der Waals surface area contributed by atoms with Crippen molar-refractivity contribution >= 4 is 23.6 Å². The van der Waals surface area contributed by atoms with Crippen LogP contribution in [0.25, 0.3) is 0 Å². The molecule has 2 amide bonds. The second-order valence-electron chi connectivity index (χ2n) is 6.00. The quantitative estimate of drug-likeness (QED) is 0.646. The van der Waals surface area contributed by atoms with Crippen LogP contribution in [-0.4, -0.2) is 26.3 Å². The molecule has 0 bridgehead atoms. The van der Waals surface area contributed by atoms with Crippen molar-refractivity contribution < 1.29 is 19.1 Å². The van der Waals surface area contributed by atoms with Gasteiger partial charge in [0.2, 0.25) is 0 Å². The highest BCUT2D eigenvalue weighted by molar-refractivity contribution is 5.89. The summed E-state index contributed by atoms with van der Waals surface area (Å²) in [5.74, 6) is 0.702. The molecule has 28 heavy (non-hydrogen) atoms. The lowest BCUT2D eigenvalue weighted by molar-refractivity contribution is 0.206. The molecule has 142 valence electrons. The van der Waals surface area contributed by atoms with E-state index < -0.39 is 12.2 Å². The number of anilines is 2. The molecule has 0 aliphatic heterocycles. The van der Waals surface area contributed by atoms with Gasteiger partial charge in [-0.3, -0.25) is 9.80 Å². The molecular weight excluding hydrogens is 356 g/mol. The maximum Gasteiger partial charge on any atom is 0.419 e. The highest BCUT2D eigenvalue weighted by Crippen LogP contribution is 2.21. The molecule has 6 heteroatoms. The van der Waals surface area contributed by atoms with E-state index in [1.165, 1.54) is 9.80 Å². The molecule has 0 saturated heterocycles. The van der Waals surface area contributed by atoms with Gasteiger partial charge in [-0.05, 0) is 48.5 Å². The van der Waals surface area contributed by atoms with E-state index >= 15 is 0 Å². The molecule has 0 atom stereocenters. The van der Waals surface area contributed by atoms with Crippen LogP contribution in [0.5, 0.6) is 11.5 Å². The fraction of sp³-hybridized carbons (Fsp3) is 0.0909. The first-order valence-corrected chi connectivity index (χ1v) is 8.66. The van der Waals surface area contributed by atoms with E-state index in [0.717, 1.165) is 11.4 Å². The van der Waals surface area contributed by atoms with Crippen molar-refractivity contribution in [2.24, 2.45) is 0 Å². The van der Waals surface area contributed by atoms with Crippen molar-refractivity contribution in [3.8, 4) is 11.5 Å². The van der Waals surface area contributed by atoms with E-state index in [9.17, 15) is 9.59 Å². The third-order valence-corrected chi connectivity index (χ3v) is 4.07. The second kappa shape index (κ2) is 8.73. The minimum Gasteiger partial charge on any atom is -0.410 e. The summed E-state index contributed by atoms with van der Waals surface area (Å²) in [6.07, 6.45) is -1.03. The normalized spacial score (nSPS) is 10.1. The number of benzene rings is 3. The van der Waals surface area contributed by atoms with Gasteiger partial charge in [-0.25, -0.2) is 9.59 Å². The van der Waals surface area contributed by atoms with Crippen molar-refractivity contribution in [2.45, 2.75) is 0 Å². The highest BCUT2D eigenvalue weighted by atomic mass is 16.6. The lowest BCUT2D eigenvalue weighted by Crippen LogP contribution is -2.29. The molecule has 0 radical (unpaired) electrons. The zero-order valence-electron chi connectivity index (χ0n) is 15.6. The van der Waals surface area contributed by atoms with Gasteiger partial charge in [-0.1, -0.05) is 36.4 Å². The minimum absolute atomic E-state index is 0.351. The third kappa shape index (κ3) is 4.67. The summed E-state index contributed by atoms with van der Waals surface area (Å²) in [6.45, 7) is 0. The Kier molecular flexibility index (Phi) is 5.91. The van der Waals surface area contributed by atoms with E-state index in [2.05, 4.69) is 0 Å². The first-order valence-electron chi connectivity index (χ1n) is 8.66. The summed E-state index contributed by atoms with van der Waals surface area (Å²) < 4.78 is 10.7. The van der Waals surface area contributed by atoms with Gasteiger partial charge < -0.3 is 9.47 Å². The Hall–Kier alpha value is -3.80. The van der Waals surface area contributed by atoms with Gasteiger partial charge in [0.25, 0.3) is 0 Å². The summed E-state index contributed by atoms with van der Waals surface area (Å²) in [7, 11) is 3.26. The van der Waals surface area contributed by atoms with E-state index in [0.29, 0.717) is 11.5 Å². The number of amides is 2. The fourth-order valence-electron chi connectivity index (χ4n) is 2.43. The molecule has 0 spiro atoms. The molecule has 0 aromatic heterocycles. The average Bonchev–Trinajstić information content (AvgIpc) is 2.75. The number of carbonyl (C=O) groups excluding carboxylic acids is 2. The lowest BCUT2D eigenvalue weighted by Gasteiger charge is -2.18. The first kappa shape index (κ1) is 19.0. The largest absolute Gasteiger partial charge is 0.419 e. The number of para-hydroxylation sites is 2. The first-order chi connectivity index (χ1) is 13.5. The van der Waals surface area contributed by atoms with Crippen LogP contribution in [-0.2, 0) is 0 Å². The maximum atomic E-state index is 12.2. The second-order valence-corrected chi connectivity index (χ2v) is 6.00. The molecule has 3 aromatic rings. The number of ether oxygens (including phenoxy) is 2. The van der Waals surface area contributed by atoms with Crippen LogP contribution < -0.4 is 19.3 Å². The standard InChI is InChI=1S/C22H20N2O4/c1-23(17-9-5-3-6-10-17)21(25)27-19-13-15-20(16-14-19)28-22(26)24(2)18-11-7-4-8-12-18/h3-16H,1-2H3. The highest BCUT2D eigenvalue weighted by Gasteiger charge is 2.15. The number of nitrogens with zero attached hydrogens (tertiary/aromatic N) is 2. The van der Waals surface area contributed by atoms with Crippen LogP contribution in [0.15, 0.2) is 84.9 Å². The SMILES string of the molecule is CN(C(=O)Oc1ccc(OC(=O)N(C)c2ccccc2)cc1)c1ccccc1. The molecule has 0 saturated carbocycles. The van der Waals surface area contributed by atoms with Gasteiger partial charge in [0.1, 0.15) is 11.5 Å². The zero-order chi connectivity index (χ0) is 19.9. The molecule has 6 nitrogen and oxygen atoms in total. The topological polar surface area (TPSA) is 59.1 Å². The lowest BCUT2D eigenvalue weighted by atomic mass is 10.3. The molecule has 0 aliphatic carbocycles. The van der Waals surface area contributed by atoms with E-state index in [-0.39, 0.29) is 0 Å². The number of hydrogen-bond acceptors (Lipinski definition) is 4. The van der Waals surface area contributed by atoms with Crippen molar-refractivity contribution in [3.05, 3.63) is 84.9 Å². The summed E-state index contributed by atoms with van der Waals surface area (Å²) in [5.41, 5.74) is 1.45. The summed E-state index contributed by atoms with van der Waals surface area (Å²) >= 11 is 0. The average molecular weight is 376 g/mol. The fourth-order valence-corrected chi connectivity index (χ4v) is 2.43. The Bertz CT molecular complexity index is 849. The Morgan fingerprint density at radius 2 is 0.893 bits per heavy atom. The molecule has 0 N–H and O–H groups in total. The smallest absolute Gasteiger partial charge is 0.410 e. The van der Waals surface area contributed by atoms with Crippen molar-refractivity contribution in [1.29, 1.82) is 0 Å². The van der Waals surface area contributed by atoms with E-state index in [4.69, 9.17) is 9.47 Å². The van der Waals surface area contributed by atoms with E-state index in [1.807, 2.05) is 60.7 Å². The van der Waals surface area contributed by atoms with Crippen LogP contribution in [0.2, 0.25) is 0 Å². The number of carbonyl (C=O) groups is 2. The number of rotatable bonds is 4. The molecule has 3 rings (SSSR count). The van der Waals surface area contributed by atoms with Crippen molar-refractivity contribution in [3.63, 3.8) is 0 Å².